The van der Waals surface area contributed by atoms with Crippen LogP contribution >= 0.6 is 22.9 Å². The molecule has 1 unspecified atom stereocenters. The van der Waals surface area contributed by atoms with Gasteiger partial charge in [-0.05, 0) is 42.1 Å². The Labute approximate surface area is 130 Å². The molecule has 0 saturated heterocycles. The third kappa shape index (κ3) is 3.74. The highest BCUT2D eigenvalue weighted by atomic mass is 35.5. The number of rotatable bonds is 5. The van der Waals surface area contributed by atoms with Crippen LogP contribution in [0.2, 0.25) is 4.34 Å². The van der Waals surface area contributed by atoms with Crippen molar-refractivity contribution in [3.63, 3.8) is 0 Å². The molecule has 21 heavy (non-hydrogen) atoms. The number of hydrogen-bond acceptors (Lipinski definition) is 4. The van der Waals surface area contributed by atoms with Crippen molar-refractivity contribution in [3.05, 3.63) is 50.7 Å². The molecule has 0 radical (unpaired) electrons. The summed E-state index contributed by atoms with van der Waals surface area (Å²) in [4.78, 5) is 22.6. The molecule has 1 aromatic heterocycles. The number of carbonyl (C=O) groups excluding carboxylic acids is 2. The van der Waals surface area contributed by atoms with Gasteiger partial charge in [-0.2, -0.15) is 0 Å². The second kappa shape index (κ2) is 6.15. The van der Waals surface area contributed by atoms with Gasteiger partial charge in [0, 0.05) is 22.9 Å². The smallest absolute Gasteiger partial charge is 0.248 e. The van der Waals surface area contributed by atoms with Gasteiger partial charge in [-0.1, -0.05) is 11.6 Å². The second-order valence-corrected chi connectivity index (χ2v) is 6.12. The first-order valence-electron chi connectivity index (χ1n) is 6.12. The first-order chi connectivity index (χ1) is 9.86. The largest absolute Gasteiger partial charge is 0.378 e. The minimum Gasteiger partial charge on any atom is -0.378 e. The molecule has 2 rings (SSSR count). The number of hydrogen-bond donors (Lipinski definition) is 3. The number of benzene rings is 1. The number of anilines is 1. The fourth-order valence-corrected chi connectivity index (χ4v) is 2.86. The molecule has 1 heterocycles. The molecule has 110 valence electrons. The Morgan fingerprint density at radius 1 is 1.14 bits per heavy atom. The molecular weight excluding hydrogens is 310 g/mol. The maximum Gasteiger partial charge on any atom is 0.248 e. The molecule has 2 aromatic rings. The Morgan fingerprint density at radius 3 is 2.14 bits per heavy atom. The molecule has 5 N–H and O–H groups in total. The maximum atomic E-state index is 11.3. The number of nitrogens with two attached hydrogens (primary N) is 2. The zero-order chi connectivity index (χ0) is 15.6. The van der Waals surface area contributed by atoms with Gasteiger partial charge in [-0.3, -0.25) is 9.59 Å². The van der Waals surface area contributed by atoms with Crippen LogP contribution in [0.4, 0.5) is 5.69 Å². The van der Waals surface area contributed by atoms with Crippen molar-refractivity contribution in [1.29, 1.82) is 0 Å². The molecular formula is C14H14ClN3O2S. The van der Waals surface area contributed by atoms with Crippen molar-refractivity contribution in [3.8, 4) is 0 Å². The Bertz CT molecular complexity index is 667. The number of carbonyl (C=O) groups is 2. The summed E-state index contributed by atoms with van der Waals surface area (Å²) in [5.74, 6) is -1.24. The van der Waals surface area contributed by atoms with E-state index in [0.717, 1.165) is 5.56 Å². The van der Waals surface area contributed by atoms with E-state index in [1.165, 1.54) is 17.4 Å². The third-order valence-electron chi connectivity index (χ3n) is 2.97. The molecule has 1 atom stereocenters. The van der Waals surface area contributed by atoms with Crippen LogP contribution in [0.25, 0.3) is 0 Å². The van der Waals surface area contributed by atoms with E-state index >= 15 is 0 Å². The van der Waals surface area contributed by atoms with E-state index in [-0.39, 0.29) is 17.2 Å². The van der Waals surface area contributed by atoms with E-state index in [1.54, 1.807) is 12.1 Å². The highest BCUT2D eigenvalue weighted by molar-refractivity contribution is 7.14. The molecule has 0 saturated carbocycles. The van der Waals surface area contributed by atoms with Crippen LogP contribution in [0.1, 0.15) is 39.2 Å². The fraction of sp³-hybridized carbons (Fsp3) is 0.143. The van der Waals surface area contributed by atoms with Crippen molar-refractivity contribution in [2.75, 3.05) is 5.32 Å². The van der Waals surface area contributed by atoms with Gasteiger partial charge < -0.3 is 16.8 Å². The standard InChI is InChI=1S/C14H14ClN3O2S/c1-7(10-5-12(15)21-6-10)18-11-3-8(13(16)19)2-9(4-11)14(17)20/h2-7,18H,1H3,(H2,16,19)(H2,17,20). The summed E-state index contributed by atoms with van der Waals surface area (Å²) < 4.78 is 0.697. The lowest BCUT2D eigenvalue weighted by Gasteiger charge is -2.15. The van der Waals surface area contributed by atoms with E-state index in [0.29, 0.717) is 10.0 Å². The molecule has 0 aliphatic heterocycles. The van der Waals surface area contributed by atoms with Crippen LogP contribution in [0.5, 0.6) is 0 Å². The SMILES string of the molecule is CC(Nc1cc(C(N)=O)cc(C(N)=O)c1)c1csc(Cl)c1. The maximum absolute atomic E-state index is 11.3. The minimum absolute atomic E-state index is 0.0439. The van der Waals surface area contributed by atoms with Gasteiger partial charge in [0.1, 0.15) is 0 Å². The Kier molecular flexibility index (Phi) is 4.50. The monoisotopic (exact) mass is 323 g/mol. The van der Waals surface area contributed by atoms with E-state index in [9.17, 15) is 9.59 Å². The molecule has 2 amide bonds. The summed E-state index contributed by atoms with van der Waals surface area (Å²) in [5.41, 5.74) is 12.6. The third-order valence-corrected chi connectivity index (χ3v) is 4.08. The van der Waals surface area contributed by atoms with E-state index < -0.39 is 11.8 Å². The lowest BCUT2D eigenvalue weighted by Crippen LogP contribution is -2.17. The minimum atomic E-state index is -0.618. The summed E-state index contributed by atoms with van der Waals surface area (Å²) in [6.45, 7) is 1.94. The van der Waals surface area contributed by atoms with Gasteiger partial charge in [-0.15, -0.1) is 11.3 Å². The van der Waals surface area contributed by atoms with Gasteiger partial charge in [-0.25, -0.2) is 0 Å². The normalized spacial score (nSPS) is 11.9. The van der Waals surface area contributed by atoms with Crippen molar-refractivity contribution in [2.45, 2.75) is 13.0 Å². The summed E-state index contributed by atoms with van der Waals surface area (Å²) >= 11 is 7.35. The average molecular weight is 324 g/mol. The number of primary amides is 2. The predicted octanol–water partition coefficient (Wildman–Crippen LogP) is 2.77. The van der Waals surface area contributed by atoms with Crippen LogP contribution < -0.4 is 16.8 Å². The van der Waals surface area contributed by atoms with Crippen LogP contribution in [0.15, 0.2) is 29.6 Å². The molecule has 0 fully saturated rings. The van der Waals surface area contributed by atoms with E-state index in [1.807, 2.05) is 18.4 Å². The molecule has 0 aliphatic carbocycles. The first kappa shape index (κ1) is 15.3. The van der Waals surface area contributed by atoms with Gasteiger partial charge >= 0.3 is 0 Å². The summed E-state index contributed by atoms with van der Waals surface area (Å²) in [6, 6.07) is 6.36. The Balaban J connectivity index is 2.30. The Hall–Kier alpha value is -2.05. The van der Waals surface area contributed by atoms with Crippen molar-refractivity contribution in [2.24, 2.45) is 11.5 Å². The predicted molar refractivity (Wildman–Crippen MR) is 84.8 cm³/mol. The van der Waals surface area contributed by atoms with Crippen molar-refractivity contribution < 1.29 is 9.59 Å². The lowest BCUT2D eigenvalue weighted by atomic mass is 10.1. The fourth-order valence-electron chi connectivity index (χ4n) is 1.88. The highest BCUT2D eigenvalue weighted by Crippen LogP contribution is 2.27. The topological polar surface area (TPSA) is 98.2 Å². The quantitative estimate of drug-likeness (QED) is 0.789. The summed E-state index contributed by atoms with van der Waals surface area (Å²) in [7, 11) is 0. The molecule has 1 aromatic carbocycles. The summed E-state index contributed by atoms with van der Waals surface area (Å²) in [5, 5.41) is 5.13. The first-order valence-corrected chi connectivity index (χ1v) is 7.37. The number of nitrogens with one attached hydrogen (secondary N) is 1. The van der Waals surface area contributed by atoms with Gasteiger partial charge in [0.05, 0.1) is 4.34 Å². The van der Waals surface area contributed by atoms with Gasteiger partial charge in [0.2, 0.25) is 11.8 Å². The Morgan fingerprint density at radius 2 is 1.71 bits per heavy atom. The van der Waals surface area contributed by atoms with Crippen LogP contribution in [-0.4, -0.2) is 11.8 Å². The number of amides is 2. The molecule has 0 bridgehead atoms. The number of halogens is 1. The number of thiophene rings is 1. The van der Waals surface area contributed by atoms with Crippen LogP contribution in [0.3, 0.4) is 0 Å². The molecule has 0 aliphatic rings. The summed E-state index contributed by atoms with van der Waals surface area (Å²) in [6.07, 6.45) is 0. The lowest BCUT2D eigenvalue weighted by molar-refractivity contribution is 0.0999. The molecule has 7 heteroatoms. The molecule has 0 spiro atoms. The van der Waals surface area contributed by atoms with E-state index in [4.69, 9.17) is 23.1 Å². The zero-order valence-electron chi connectivity index (χ0n) is 11.2. The van der Waals surface area contributed by atoms with Crippen LogP contribution in [0, 0.1) is 0 Å². The average Bonchev–Trinajstić information content (AvgIpc) is 2.85. The second-order valence-electron chi connectivity index (χ2n) is 4.58. The van der Waals surface area contributed by atoms with Gasteiger partial charge in [0.25, 0.3) is 0 Å². The van der Waals surface area contributed by atoms with E-state index in [2.05, 4.69) is 5.32 Å². The molecule has 5 nitrogen and oxygen atoms in total. The van der Waals surface area contributed by atoms with Crippen LogP contribution in [-0.2, 0) is 0 Å². The van der Waals surface area contributed by atoms with Crippen molar-refractivity contribution >= 4 is 40.4 Å². The zero-order valence-corrected chi connectivity index (χ0v) is 12.8. The van der Waals surface area contributed by atoms with Crippen molar-refractivity contribution in [1.82, 2.24) is 0 Å². The highest BCUT2D eigenvalue weighted by Gasteiger charge is 2.12. The van der Waals surface area contributed by atoms with Gasteiger partial charge in [0.15, 0.2) is 0 Å².